The predicted octanol–water partition coefficient (Wildman–Crippen LogP) is 18.8. The average molecular weight is 959 g/mol. The van der Waals surface area contributed by atoms with Crippen molar-refractivity contribution in [1.82, 2.24) is 0 Å². The van der Waals surface area contributed by atoms with E-state index in [2.05, 4.69) is 289 Å². The minimum absolute atomic E-state index is 0.829. The fourth-order valence-electron chi connectivity index (χ4n) is 8.84. The van der Waals surface area contributed by atoms with Gasteiger partial charge in [0.15, 0.2) is 0 Å². The highest BCUT2D eigenvalue weighted by Crippen LogP contribution is 2.37. The summed E-state index contributed by atoms with van der Waals surface area (Å²) in [5.41, 5.74) is 24.4. The number of nitrogens with two attached hydrogens (primary N) is 1. The normalized spacial score (nSPS) is 10.5. The standard InChI is InChI=1S/C44H36N2.C19H17N.C7H9N/c1-5-13-39(14-6-1)45(40-15-7-2-8-16-40)43-29-25-37(26-30-43)33-35-21-23-36(24-22-35)34-38-27-31-44(32-28-38)46(41-17-9-3-10-18-41)42-19-11-4-12-20-42;1-16-12-14-19(15-13-16)20(17-8-4-2-5-9-17)18-10-6-3-7-11-18;1-6-2-4-7(8)5-3-6/h1-32H,33-34H2;2-15H,1H3;2-5H,8H2,1H3. The number of rotatable bonds is 13. The van der Waals surface area contributed by atoms with Gasteiger partial charge in [-0.15, -0.1) is 0 Å². The van der Waals surface area contributed by atoms with Crippen LogP contribution in [0.15, 0.2) is 303 Å². The van der Waals surface area contributed by atoms with E-state index in [1.165, 1.54) is 50.4 Å². The molecular formula is C70H62N4. The van der Waals surface area contributed by atoms with Gasteiger partial charge in [-0.05, 0) is 170 Å². The van der Waals surface area contributed by atoms with E-state index in [4.69, 9.17) is 5.73 Å². The second-order valence-electron chi connectivity index (χ2n) is 18.3. The van der Waals surface area contributed by atoms with Gasteiger partial charge >= 0.3 is 0 Å². The van der Waals surface area contributed by atoms with E-state index >= 15 is 0 Å². The highest BCUT2D eigenvalue weighted by Gasteiger charge is 2.14. The maximum Gasteiger partial charge on any atom is 0.0461 e. The molecule has 0 aliphatic heterocycles. The van der Waals surface area contributed by atoms with Crippen LogP contribution in [0.1, 0.15) is 33.4 Å². The molecule has 74 heavy (non-hydrogen) atoms. The second kappa shape index (κ2) is 25.1. The molecular weight excluding hydrogens is 897 g/mol. The zero-order valence-corrected chi connectivity index (χ0v) is 42.2. The van der Waals surface area contributed by atoms with E-state index in [1.54, 1.807) is 0 Å². The van der Waals surface area contributed by atoms with Crippen molar-refractivity contribution < 1.29 is 0 Å². The Morgan fingerprint density at radius 1 is 0.216 bits per heavy atom. The number of aryl methyl sites for hydroxylation is 2. The van der Waals surface area contributed by atoms with Crippen molar-refractivity contribution in [1.29, 1.82) is 0 Å². The largest absolute Gasteiger partial charge is 0.399 e. The molecule has 0 aliphatic rings. The van der Waals surface area contributed by atoms with E-state index < -0.39 is 0 Å². The van der Waals surface area contributed by atoms with Crippen molar-refractivity contribution in [2.45, 2.75) is 26.7 Å². The molecule has 11 aromatic carbocycles. The second-order valence-corrected chi connectivity index (χ2v) is 18.3. The lowest BCUT2D eigenvalue weighted by Crippen LogP contribution is -2.09. The van der Waals surface area contributed by atoms with E-state index in [9.17, 15) is 0 Å². The molecule has 0 amide bonds. The van der Waals surface area contributed by atoms with Crippen LogP contribution in [0.5, 0.6) is 0 Å². The van der Waals surface area contributed by atoms with Crippen LogP contribution < -0.4 is 20.4 Å². The first-order chi connectivity index (χ1) is 36.4. The Morgan fingerprint density at radius 2 is 0.392 bits per heavy atom. The highest BCUT2D eigenvalue weighted by molar-refractivity contribution is 5.78. The summed E-state index contributed by atoms with van der Waals surface area (Å²) < 4.78 is 0. The fraction of sp³-hybridized carbons (Fsp3) is 0.0571. The SMILES string of the molecule is Cc1ccc(N(c2ccccc2)c2ccccc2)cc1.Cc1ccc(N)cc1.c1ccc(N(c2ccccc2)c2ccc(Cc3ccc(Cc4ccc(N(c5ccccc5)c5ccccc5)cc4)cc3)cc2)cc1. The first kappa shape index (κ1) is 49.6. The van der Waals surface area contributed by atoms with Gasteiger partial charge in [0.1, 0.15) is 0 Å². The van der Waals surface area contributed by atoms with Gasteiger partial charge in [0.25, 0.3) is 0 Å². The number of nitrogens with zero attached hydrogens (tertiary/aromatic N) is 3. The fourth-order valence-corrected chi connectivity index (χ4v) is 8.84. The lowest BCUT2D eigenvalue weighted by molar-refractivity contribution is 1.15. The van der Waals surface area contributed by atoms with Crippen LogP contribution in [-0.4, -0.2) is 0 Å². The first-order valence-electron chi connectivity index (χ1n) is 25.3. The third-order valence-corrected chi connectivity index (χ3v) is 12.7. The van der Waals surface area contributed by atoms with Gasteiger partial charge in [0.05, 0.1) is 0 Å². The Hall–Kier alpha value is -9.38. The average Bonchev–Trinajstić information content (AvgIpc) is 3.46. The van der Waals surface area contributed by atoms with Crippen molar-refractivity contribution in [2.24, 2.45) is 0 Å². The molecule has 4 heteroatoms. The number of nitrogen functional groups attached to an aromatic ring is 1. The molecule has 0 unspecified atom stereocenters. The Balaban J connectivity index is 0.000000196. The predicted molar refractivity (Wildman–Crippen MR) is 316 cm³/mol. The maximum absolute atomic E-state index is 5.43. The third-order valence-electron chi connectivity index (χ3n) is 12.7. The number of anilines is 10. The van der Waals surface area contributed by atoms with Crippen LogP contribution in [0.4, 0.5) is 56.9 Å². The minimum atomic E-state index is 0.829. The maximum atomic E-state index is 5.43. The highest BCUT2D eigenvalue weighted by atomic mass is 15.2. The monoisotopic (exact) mass is 958 g/mol. The summed E-state index contributed by atoms with van der Waals surface area (Å²) >= 11 is 0. The molecule has 0 atom stereocenters. The van der Waals surface area contributed by atoms with Gasteiger partial charge in [0, 0.05) is 56.9 Å². The molecule has 0 aliphatic carbocycles. The molecule has 0 saturated heterocycles. The molecule has 0 bridgehead atoms. The molecule has 2 N–H and O–H groups in total. The Labute approximate surface area is 438 Å². The van der Waals surface area contributed by atoms with Crippen LogP contribution in [0.25, 0.3) is 0 Å². The van der Waals surface area contributed by atoms with Gasteiger partial charge < -0.3 is 20.4 Å². The zero-order chi connectivity index (χ0) is 50.7. The summed E-state index contributed by atoms with van der Waals surface area (Å²) in [7, 11) is 0. The minimum Gasteiger partial charge on any atom is -0.399 e. The molecule has 0 heterocycles. The van der Waals surface area contributed by atoms with Crippen LogP contribution in [0.2, 0.25) is 0 Å². The molecule has 0 saturated carbocycles. The van der Waals surface area contributed by atoms with E-state index in [0.717, 1.165) is 52.7 Å². The lowest BCUT2D eigenvalue weighted by Gasteiger charge is -2.25. The molecule has 362 valence electrons. The number of para-hydroxylation sites is 6. The zero-order valence-electron chi connectivity index (χ0n) is 42.2. The van der Waals surface area contributed by atoms with Crippen molar-refractivity contribution in [3.8, 4) is 0 Å². The summed E-state index contributed by atoms with van der Waals surface area (Å²) in [5.74, 6) is 0. The molecule has 11 aromatic rings. The molecule has 0 radical (unpaired) electrons. The van der Waals surface area contributed by atoms with E-state index in [-0.39, 0.29) is 0 Å². The summed E-state index contributed by atoms with van der Waals surface area (Å²) in [4.78, 5) is 6.86. The van der Waals surface area contributed by atoms with Gasteiger partial charge in [-0.25, -0.2) is 0 Å². The van der Waals surface area contributed by atoms with E-state index in [1.807, 2.05) is 43.3 Å². The van der Waals surface area contributed by atoms with E-state index in [0.29, 0.717) is 0 Å². The molecule has 4 nitrogen and oxygen atoms in total. The Kier molecular flexibility index (Phi) is 16.8. The summed E-state index contributed by atoms with van der Waals surface area (Å²) in [6, 6.07) is 106. The van der Waals surface area contributed by atoms with Crippen LogP contribution in [-0.2, 0) is 12.8 Å². The molecule has 0 spiro atoms. The van der Waals surface area contributed by atoms with Gasteiger partial charge in [-0.3, -0.25) is 0 Å². The number of hydrogen-bond donors (Lipinski definition) is 1. The summed E-state index contributed by atoms with van der Waals surface area (Å²) in [6.07, 6.45) is 1.81. The Morgan fingerprint density at radius 3 is 0.608 bits per heavy atom. The summed E-state index contributed by atoms with van der Waals surface area (Å²) in [6.45, 7) is 4.15. The lowest BCUT2D eigenvalue weighted by atomic mass is 10.00. The van der Waals surface area contributed by atoms with Crippen molar-refractivity contribution in [2.75, 3.05) is 20.4 Å². The molecule has 0 fully saturated rings. The first-order valence-corrected chi connectivity index (χ1v) is 25.3. The quantitative estimate of drug-likeness (QED) is 0.117. The number of benzene rings is 11. The van der Waals surface area contributed by atoms with Gasteiger partial charge in [-0.1, -0.05) is 193 Å². The topological polar surface area (TPSA) is 35.7 Å². The third kappa shape index (κ3) is 13.5. The van der Waals surface area contributed by atoms with Crippen LogP contribution in [0.3, 0.4) is 0 Å². The van der Waals surface area contributed by atoms with Crippen molar-refractivity contribution in [3.05, 3.63) is 337 Å². The smallest absolute Gasteiger partial charge is 0.0461 e. The number of hydrogen-bond acceptors (Lipinski definition) is 4. The molecule has 0 aromatic heterocycles. The van der Waals surface area contributed by atoms with Gasteiger partial charge in [0.2, 0.25) is 0 Å². The Bertz CT molecular complexity index is 3050. The molecule has 11 rings (SSSR count). The van der Waals surface area contributed by atoms with Crippen LogP contribution >= 0.6 is 0 Å². The van der Waals surface area contributed by atoms with Crippen molar-refractivity contribution in [3.63, 3.8) is 0 Å². The summed E-state index contributed by atoms with van der Waals surface area (Å²) in [5, 5.41) is 0. The van der Waals surface area contributed by atoms with Gasteiger partial charge in [-0.2, -0.15) is 0 Å². The van der Waals surface area contributed by atoms with Crippen LogP contribution in [0, 0.1) is 13.8 Å². The van der Waals surface area contributed by atoms with Crippen molar-refractivity contribution >= 4 is 56.9 Å².